The lowest BCUT2D eigenvalue weighted by atomic mass is 9.97. The minimum Gasteiger partial charge on any atom is -0.455 e. The van der Waals surface area contributed by atoms with Gasteiger partial charge in [-0.1, -0.05) is 140 Å². The molecule has 0 saturated heterocycles. The van der Waals surface area contributed by atoms with Crippen molar-refractivity contribution in [2.45, 2.75) is 0 Å². The van der Waals surface area contributed by atoms with Gasteiger partial charge in [0.1, 0.15) is 11.2 Å². The van der Waals surface area contributed by atoms with Crippen LogP contribution in [0.15, 0.2) is 180 Å². The van der Waals surface area contributed by atoms with Gasteiger partial charge in [-0.15, -0.1) is 0 Å². The van der Waals surface area contributed by atoms with Crippen LogP contribution in [0.1, 0.15) is 0 Å². The van der Waals surface area contributed by atoms with E-state index in [0.29, 0.717) is 0 Å². The first-order valence-corrected chi connectivity index (χ1v) is 15.7. The molecule has 0 aliphatic rings. The zero-order valence-electron chi connectivity index (χ0n) is 25.1. The number of benzene rings is 8. The molecule has 0 saturated carbocycles. The van der Waals surface area contributed by atoms with Crippen molar-refractivity contribution in [1.82, 2.24) is 0 Å². The highest BCUT2D eigenvalue weighted by atomic mass is 16.3. The molecule has 1 heterocycles. The van der Waals surface area contributed by atoms with E-state index >= 15 is 0 Å². The van der Waals surface area contributed by atoms with Crippen molar-refractivity contribution in [2.75, 3.05) is 4.90 Å². The average Bonchev–Trinajstić information content (AvgIpc) is 3.53. The highest BCUT2D eigenvalue weighted by Crippen LogP contribution is 2.48. The summed E-state index contributed by atoms with van der Waals surface area (Å²) in [5, 5.41) is 7.10. The molecule has 0 amide bonds. The average molecular weight is 588 g/mol. The second kappa shape index (κ2) is 10.8. The summed E-state index contributed by atoms with van der Waals surface area (Å²) in [6, 6.07) is 62.7. The molecule has 2 nitrogen and oxygen atoms in total. The van der Waals surface area contributed by atoms with Gasteiger partial charge in [0.2, 0.25) is 0 Å². The van der Waals surface area contributed by atoms with Crippen molar-refractivity contribution in [3.8, 4) is 22.3 Å². The monoisotopic (exact) mass is 587 g/mol. The highest BCUT2D eigenvalue weighted by molar-refractivity contribution is 6.19. The third-order valence-corrected chi connectivity index (χ3v) is 9.05. The minimum atomic E-state index is 0.879. The first-order chi connectivity index (χ1) is 22.8. The second-order valence-electron chi connectivity index (χ2n) is 11.7. The fourth-order valence-electron chi connectivity index (χ4n) is 6.92. The van der Waals surface area contributed by atoms with Crippen molar-refractivity contribution in [3.63, 3.8) is 0 Å². The van der Waals surface area contributed by atoms with Crippen molar-refractivity contribution in [2.24, 2.45) is 0 Å². The summed E-state index contributed by atoms with van der Waals surface area (Å²) in [5.74, 6) is 0. The van der Waals surface area contributed by atoms with Gasteiger partial charge in [0.15, 0.2) is 0 Å². The topological polar surface area (TPSA) is 16.4 Å². The lowest BCUT2D eigenvalue weighted by Crippen LogP contribution is -2.11. The van der Waals surface area contributed by atoms with E-state index in [1.807, 2.05) is 6.07 Å². The Hall–Kier alpha value is -6.12. The van der Waals surface area contributed by atoms with Crippen LogP contribution in [0.3, 0.4) is 0 Å². The van der Waals surface area contributed by atoms with Gasteiger partial charge < -0.3 is 9.32 Å². The molecule has 0 bridgehead atoms. The van der Waals surface area contributed by atoms with E-state index in [1.54, 1.807) is 0 Å². The van der Waals surface area contributed by atoms with Crippen LogP contribution in [-0.2, 0) is 0 Å². The molecule has 0 N–H and O–H groups in total. The molecule has 9 rings (SSSR count). The van der Waals surface area contributed by atoms with Gasteiger partial charge in [-0.3, -0.25) is 0 Å². The van der Waals surface area contributed by atoms with Gasteiger partial charge >= 0.3 is 0 Å². The summed E-state index contributed by atoms with van der Waals surface area (Å²) in [5.41, 5.74) is 9.61. The molecule has 0 aliphatic heterocycles. The SMILES string of the molecule is c1ccc(-c2cccc(N(c3cccc4c3ccc3ccccc34)c3ccc(-c4ccccc4)c4oc5ccccc5c34)c2)cc1. The number of para-hydroxylation sites is 1. The number of nitrogens with zero attached hydrogens (tertiary/aromatic N) is 1. The minimum absolute atomic E-state index is 0.879. The van der Waals surface area contributed by atoms with E-state index < -0.39 is 0 Å². The quantitative estimate of drug-likeness (QED) is 0.186. The molecule has 9 aromatic rings. The van der Waals surface area contributed by atoms with Crippen molar-refractivity contribution in [1.29, 1.82) is 0 Å². The zero-order chi connectivity index (χ0) is 30.5. The Bertz CT molecular complexity index is 2530. The zero-order valence-corrected chi connectivity index (χ0v) is 25.1. The number of fused-ring (bicyclic) bond motifs is 6. The summed E-state index contributed by atoms with van der Waals surface area (Å²) in [7, 11) is 0. The lowest BCUT2D eigenvalue weighted by molar-refractivity contribution is 0.670. The second-order valence-corrected chi connectivity index (χ2v) is 11.7. The number of furan rings is 1. The van der Waals surface area contributed by atoms with E-state index in [-0.39, 0.29) is 0 Å². The van der Waals surface area contributed by atoms with E-state index in [4.69, 9.17) is 4.42 Å². The van der Waals surface area contributed by atoms with Crippen LogP contribution >= 0.6 is 0 Å². The van der Waals surface area contributed by atoms with Crippen LogP contribution < -0.4 is 4.90 Å². The summed E-state index contributed by atoms with van der Waals surface area (Å²) >= 11 is 0. The Morgan fingerprint density at radius 3 is 1.91 bits per heavy atom. The first-order valence-electron chi connectivity index (χ1n) is 15.7. The molecule has 1 aromatic heterocycles. The Kier molecular flexibility index (Phi) is 6.17. The van der Waals surface area contributed by atoms with Crippen LogP contribution in [-0.4, -0.2) is 0 Å². The highest BCUT2D eigenvalue weighted by Gasteiger charge is 2.23. The molecule has 216 valence electrons. The summed E-state index contributed by atoms with van der Waals surface area (Å²) in [6.45, 7) is 0. The standard InChI is InChI=1S/C44H29NO/c1-3-13-30(14-4-1)33-18-11-19-34(29-33)45(40-23-12-22-37-35-20-8-7-17-32(35)25-26-38(37)40)41-28-27-36(31-15-5-2-6-16-31)44-43(41)39-21-9-10-24-42(39)46-44/h1-29H. The Balaban J connectivity index is 1.38. The molecule has 46 heavy (non-hydrogen) atoms. The predicted molar refractivity (Wildman–Crippen MR) is 194 cm³/mol. The van der Waals surface area contributed by atoms with Gasteiger partial charge in [0.25, 0.3) is 0 Å². The predicted octanol–water partition coefficient (Wildman–Crippen LogP) is 12.7. The maximum Gasteiger partial charge on any atom is 0.145 e. The van der Waals surface area contributed by atoms with Crippen LogP contribution in [0, 0.1) is 0 Å². The molecule has 2 heteroatoms. The van der Waals surface area contributed by atoms with Gasteiger partial charge in [-0.25, -0.2) is 0 Å². The smallest absolute Gasteiger partial charge is 0.145 e. The number of anilines is 3. The van der Waals surface area contributed by atoms with Crippen LogP contribution in [0.25, 0.3) is 65.7 Å². The van der Waals surface area contributed by atoms with E-state index in [0.717, 1.165) is 50.1 Å². The largest absolute Gasteiger partial charge is 0.455 e. The Morgan fingerprint density at radius 1 is 0.391 bits per heavy atom. The number of hydrogen-bond acceptors (Lipinski definition) is 2. The summed E-state index contributed by atoms with van der Waals surface area (Å²) in [4.78, 5) is 2.42. The van der Waals surface area contributed by atoms with Gasteiger partial charge in [0.05, 0.1) is 16.8 Å². The Morgan fingerprint density at radius 2 is 1.07 bits per heavy atom. The van der Waals surface area contributed by atoms with Gasteiger partial charge in [-0.2, -0.15) is 0 Å². The molecular weight excluding hydrogens is 558 g/mol. The molecular formula is C44H29NO. The number of hydrogen-bond donors (Lipinski definition) is 0. The van der Waals surface area contributed by atoms with Crippen LogP contribution in [0.4, 0.5) is 17.1 Å². The van der Waals surface area contributed by atoms with E-state index in [2.05, 4.69) is 175 Å². The third kappa shape index (κ3) is 4.27. The summed E-state index contributed by atoms with van der Waals surface area (Å²) < 4.78 is 6.71. The molecule has 0 aliphatic carbocycles. The molecule has 0 radical (unpaired) electrons. The third-order valence-electron chi connectivity index (χ3n) is 9.05. The Labute approximate surface area is 267 Å². The fourth-order valence-corrected chi connectivity index (χ4v) is 6.92. The van der Waals surface area contributed by atoms with Crippen molar-refractivity contribution < 1.29 is 4.42 Å². The van der Waals surface area contributed by atoms with E-state index in [9.17, 15) is 0 Å². The molecule has 0 spiro atoms. The van der Waals surface area contributed by atoms with Crippen LogP contribution in [0.2, 0.25) is 0 Å². The van der Waals surface area contributed by atoms with Crippen molar-refractivity contribution in [3.05, 3.63) is 176 Å². The molecule has 0 atom stereocenters. The normalized spacial score (nSPS) is 11.5. The van der Waals surface area contributed by atoms with Gasteiger partial charge in [0, 0.05) is 22.0 Å². The van der Waals surface area contributed by atoms with Crippen LogP contribution in [0.5, 0.6) is 0 Å². The van der Waals surface area contributed by atoms with E-state index in [1.165, 1.54) is 32.7 Å². The number of rotatable bonds is 5. The maximum atomic E-state index is 6.71. The molecule has 0 unspecified atom stereocenters. The lowest BCUT2D eigenvalue weighted by Gasteiger charge is -2.28. The molecule has 0 fully saturated rings. The van der Waals surface area contributed by atoms with Crippen molar-refractivity contribution >= 4 is 60.5 Å². The maximum absolute atomic E-state index is 6.71. The first kappa shape index (κ1) is 26.3. The van der Waals surface area contributed by atoms with Gasteiger partial charge in [-0.05, 0) is 69.2 Å². The summed E-state index contributed by atoms with van der Waals surface area (Å²) in [6.07, 6.45) is 0. The molecule has 8 aromatic carbocycles. The fraction of sp³-hybridized carbons (Fsp3) is 0.